The topological polar surface area (TPSA) is 134 Å². The number of ether oxygens (including phenoxy) is 2. The molecular weight excluding hydrogens is 380 g/mol. The van der Waals surface area contributed by atoms with Crippen LogP contribution < -0.4 is 5.32 Å². The van der Waals surface area contributed by atoms with Gasteiger partial charge >= 0.3 is 6.09 Å². The zero-order valence-electron chi connectivity index (χ0n) is 15.6. The van der Waals surface area contributed by atoms with E-state index >= 15 is 0 Å². The number of carbonyl (C=O) groups is 1. The Hall–Kier alpha value is -2.24. The van der Waals surface area contributed by atoms with Gasteiger partial charge in [-0.2, -0.15) is 8.42 Å². The second-order valence-electron chi connectivity index (χ2n) is 6.58. The van der Waals surface area contributed by atoms with E-state index in [1.807, 2.05) is 0 Å². The first kappa shape index (κ1) is 22.8. The van der Waals surface area contributed by atoms with Gasteiger partial charge in [0, 0.05) is 6.07 Å². The monoisotopic (exact) mass is 404 g/mol. The van der Waals surface area contributed by atoms with E-state index in [0.29, 0.717) is 0 Å². The number of nitrogens with one attached hydrogen (secondary N) is 1. The van der Waals surface area contributed by atoms with Crippen molar-refractivity contribution in [1.82, 2.24) is 5.32 Å². The van der Waals surface area contributed by atoms with Gasteiger partial charge in [-0.05, 0) is 26.8 Å². The summed E-state index contributed by atoms with van der Waals surface area (Å²) in [5.41, 5.74) is -0.655. The summed E-state index contributed by atoms with van der Waals surface area (Å²) in [6, 6.07) is 5.91. The average molecular weight is 404 g/mol. The van der Waals surface area contributed by atoms with E-state index in [-0.39, 0.29) is 31.0 Å². The molecule has 1 unspecified atom stereocenters. The molecule has 1 aromatic rings. The molecule has 0 aliphatic rings. The number of rotatable bonds is 9. The molecule has 1 amide bonds. The first-order valence-corrected chi connectivity index (χ1v) is 9.87. The second kappa shape index (κ2) is 9.62. The van der Waals surface area contributed by atoms with Crippen molar-refractivity contribution >= 4 is 21.9 Å². The summed E-state index contributed by atoms with van der Waals surface area (Å²) in [5, 5.41) is 13.7. The number of hydrogen-bond acceptors (Lipinski definition) is 8. The summed E-state index contributed by atoms with van der Waals surface area (Å²) >= 11 is 0. The SMILES string of the molecule is CC(C)(C)OC(=O)NCC(OCCOS(C)(=O)=O)c1ccccc1[N+](=O)[O-]. The molecule has 152 valence electrons. The Balaban J connectivity index is 2.87. The molecular formula is C16H24N2O8S. The van der Waals surface area contributed by atoms with Crippen LogP contribution in [0.15, 0.2) is 24.3 Å². The van der Waals surface area contributed by atoms with Gasteiger partial charge in [-0.3, -0.25) is 14.3 Å². The number of carbonyl (C=O) groups excluding carboxylic acids is 1. The standard InChI is InChI=1S/C16H24N2O8S/c1-16(2,3)26-15(19)17-11-14(24-9-10-25-27(4,22)23)12-7-5-6-8-13(12)18(20)21/h5-8,14H,9-11H2,1-4H3,(H,17,19). The number of nitro groups is 1. The first-order chi connectivity index (χ1) is 12.4. The molecule has 1 N–H and O–H groups in total. The van der Waals surface area contributed by atoms with Crippen LogP contribution in [0.5, 0.6) is 0 Å². The van der Waals surface area contributed by atoms with Gasteiger partial charge in [0.2, 0.25) is 0 Å². The Morgan fingerprint density at radius 1 is 1.26 bits per heavy atom. The number of nitro benzene ring substituents is 1. The molecule has 0 heterocycles. The van der Waals surface area contributed by atoms with Crippen LogP contribution in [0.2, 0.25) is 0 Å². The molecule has 0 radical (unpaired) electrons. The van der Waals surface area contributed by atoms with Crippen molar-refractivity contribution in [3.05, 3.63) is 39.9 Å². The van der Waals surface area contributed by atoms with Gasteiger partial charge in [-0.25, -0.2) is 4.79 Å². The molecule has 0 saturated carbocycles. The van der Waals surface area contributed by atoms with Crippen molar-refractivity contribution in [3.63, 3.8) is 0 Å². The van der Waals surface area contributed by atoms with Crippen molar-refractivity contribution in [2.75, 3.05) is 26.0 Å². The smallest absolute Gasteiger partial charge is 0.407 e. The lowest BCUT2D eigenvalue weighted by atomic mass is 10.1. The highest BCUT2D eigenvalue weighted by molar-refractivity contribution is 7.85. The molecule has 0 aliphatic heterocycles. The summed E-state index contributed by atoms with van der Waals surface area (Å²) in [6.07, 6.45) is -0.708. The zero-order chi connectivity index (χ0) is 20.7. The quantitative estimate of drug-likeness (QED) is 0.286. The normalized spacial score (nSPS) is 13.0. The van der Waals surface area contributed by atoms with Gasteiger partial charge in [0.15, 0.2) is 0 Å². The van der Waals surface area contributed by atoms with Crippen LogP contribution in [0.3, 0.4) is 0 Å². The molecule has 0 spiro atoms. The fourth-order valence-electron chi connectivity index (χ4n) is 2.05. The largest absolute Gasteiger partial charge is 0.444 e. The van der Waals surface area contributed by atoms with Gasteiger partial charge < -0.3 is 14.8 Å². The molecule has 0 fully saturated rings. The van der Waals surface area contributed by atoms with Gasteiger partial charge in [-0.1, -0.05) is 12.1 Å². The van der Waals surface area contributed by atoms with Gasteiger partial charge in [0.05, 0.1) is 36.5 Å². The van der Waals surface area contributed by atoms with Crippen LogP contribution in [0, 0.1) is 10.1 Å². The van der Waals surface area contributed by atoms with Crippen LogP contribution >= 0.6 is 0 Å². The summed E-state index contributed by atoms with van der Waals surface area (Å²) in [4.78, 5) is 22.5. The number of nitrogens with zero attached hydrogens (tertiary/aromatic N) is 1. The average Bonchev–Trinajstić information content (AvgIpc) is 2.51. The van der Waals surface area contributed by atoms with Crippen LogP contribution in [-0.4, -0.2) is 51.0 Å². The maximum absolute atomic E-state index is 11.8. The predicted molar refractivity (Wildman–Crippen MR) is 96.8 cm³/mol. The molecule has 0 saturated heterocycles. The molecule has 1 aromatic carbocycles. The molecule has 0 aliphatic carbocycles. The molecule has 0 aromatic heterocycles. The third-order valence-electron chi connectivity index (χ3n) is 3.01. The van der Waals surface area contributed by atoms with E-state index in [4.69, 9.17) is 9.47 Å². The summed E-state index contributed by atoms with van der Waals surface area (Å²) in [5.74, 6) is 0. The number of para-hydroxylation sites is 1. The molecule has 1 atom stereocenters. The lowest BCUT2D eigenvalue weighted by Gasteiger charge is -2.22. The zero-order valence-corrected chi connectivity index (χ0v) is 16.4. The highest BCUT2D eigenvalue weighted by atomic mass is 32.2. The second-order valence-corrected chi connectivity index (χ2v) is 8.23. The van der Waals surface area contributed by atoms with Crippen molar-refractivity contribution in [3.8, 4) is 0 Å². The maximum Gasteiger partial charge on any atom is 0.407 e. The molecule has 11 heteroatoms. The van der Waals surface area contributed by atoms with Gasteiger partial charge in [0.1, 0.15) is 11.7 Å². The van der Waals surface area contributed by atoms with Crippen LogP contribution in [0.1, 0.15) is 32.4 Å². The molecule has 10 nitrogen and oxygen atoms in total. The minimum Gasteiger partial charge on any atom is -0.444 e. The fourth-order valence-corrected chi connectivity index (χ4v) is 2.42. The van der Waals surface area contributed by atoms with E-state index in [0.717, 1.165) is 6.26 Å². The van der Waals surface area contributed by atoms with Gasteiger partial charge in [0.25, 0.3) is 15.8 Å². The van der Waals surface area contributed by atoms with E-state index in [2.05, 4.69) is 9.50 Å². The van der Waals surface area contributed by atoms with E-state index in [1.165, 1.54) is 18.2 Å². The number of amides is 1. The van der Waals surface area contributed by atoms with Crippen molar-refractivity contribution < 1.29 is 31.8 Å². The summed E-state index contributed by atoms with van der Waals surface area (Å²) in [7, 11) is -3.63. The highest BCUT2D eigenvalue weighted by Crippen LogP contribution is 2.27. The molecule has 1 rings (SSSR count). The van der Waals surface area contributed by atoms with Crippen molar-refractivity contribution in [1.29, 1.82) is 0 Å². The van der Waals surface area contributed by atoms with E-state index in [1.54, 1.807) is 26.8 Å². The Bertz CT molecular complexity index is 758. The van der Waals surface area contributed by atoms with Crippen LogP contribution in [-0.2, 0) is 23.8 Å². The van der Waals surface area contributed by atoms with Crippen molar-refractivity contribution in [2.45, 2.75) is 32.5 Å². The maximum atomic E-state index is 11.8. The van der Waals surface area contributed by atoms with E-state index in [9.17, 15) is 23.3 Å². The van der Waals surface area contributed by atoms with E-state index < -0.39 is 32.8 Å². The fraction of sp³-hybridized carbons (Fsp3) is 0.562. The first-order valence-electron chi connectivity index (χ1n) is 8.05. The number of alkyl carbamates (subject to hydrolysis) is 1. The summed E-state index contributed by atoms with van der Waals surface area (Å²) in [6.45, 7) is 4.57. The third-order valence-corrected chi connectivity index (χ3v) is 3.61. The van der Waals surface area contributed by atoms with Crippen LogP contribution in [0.4, 0.5) is 10.5 Å². The Morgan fingerprint density at radius 2 is 1.89 bits per heavy atom. The Kier molecular flexibility index (Phi) is 8.13. The van der Waals surface area contributed by atoms with Crippen LogP contribution in [0.25, 0.3) is 0 Å². The number of hydrogen-bond donors (Lipinski definition) is 1. The lowest BCUT2D eigenvalue weighted by Crippen LogP contribution is -2.35. The predicted octanol–water partition coefficient (Wildman–Crippen LogP) is 2.15. The third kappa shape index (κ3) is 9.31. The Labute approximate surface area is 158 Å². The number of benzene rings is 1. The summed E-state index contributed by atoms with van der Waals surface area (Å²) < 4.78 is 37.2. The van der Waals surface area contributed by atoms with Gasteiger partial charge in [-0.15, -0.1) is 0 Å². The Morgan fingerprint density at radius 3 is 2.44 bits per heavy atom. The molecule has 27 heavy (non-hydrogen) atoms. The molecule has 0 bridgehead atoms. The van der Waals surface area contributed by atoms with Crippen molar-refractivity contribution in [2.24, 2.45) is 0 Å². The lowest BCUT2D eigenvalue weighted by molar-refractivity contribution is -0.386. The minimum atomic E-state index is -3.63. The minimum absolute atomic E-state index is 0.112. The highest BCUT2D eigenvalue weighted by Gasteiger charge is 2.24.